The van der Waals surface area contributed by atoms with Gasteiger partial charge in [-0.05, 0) is 18.7 Å². The van der Waals surface area contributed by atoms with Crippen molar-refractivity contribution in [2.45, 2.75) is 18.7 Å². The predicted octanol–water partition coefficient (Wildman–Crippen LogP) is 2.59. The fourth-order valence-electron chi connectivity index (χ4n) is 0.890. The van der Waals surface area contributed by atoms with Gasteiger partial charge in [0.1, 0.15) is 5.75 Å². The second-order valence-corrected chi connectivity index (χ2v) is 3.56. The monoisotopic (exact) mass is 183 g/mol. The fraction of sp³-hybridized carbons (Fsp3) is 0.444. The van der Waals surface area contributed by atoms with Gasteiger partial charge in [-0.2, -0.15) is 0 Å². The van der Waals surface area contributed by atoms with E-state index < -0.39 is 0 Å². The summed E-state index contributed by atoms with van der Waals surface area (Å²) in [5.41, 5.74) is 0. The molecule has 12 heavy (non-hydrogen) atoms. The van der Waals surface area contributed by atoms with Crippen LogP contribution in [0.5, 0.6) is 5.75 Å². The minimum atomic E-state index is 0.696. The number of thioether (sulfide) groups is 1. The number of hydrogen-bond donors (Lipinski definition) is 0. The average molecular weight is 183 g/mol. The third kappa shape index (κ3) is 2.74. The lowest BCUT2D eigenvalue weighted by molar-refractivity contribution is 0.338. The van der Waals surface area contributed by atoms with Crippen LogP contribution in [0.3, 0.4) is 0 Å². The van der Waals surface area contributed by atoms with E-state index in [9.17, 15) is 0 Å². The van der Waals surface area contributed by atoms with E-state index in [0.29, 0.717) is 6.61 Å². The first-order valence-corrected chi connectivity index (χ1v) is 5.06. The summed E-state index contributed by atoms with van der Waals surface area (Å²) in [6.07, 6.45) is 3.60. The highest BCUT2D eigenvalue weighted by Crippen LogP contribution is 2.20. The van der Waals surface area contributed by atoms with Crippen molar-refractivity contribution in [2.24, 2.45) is 0 Å². The summed E-state index contributed by atoms with van der Waals surface area (Å²) in [6, 6.07) is 2.02. The van der Waals surface area contributed by atoms with Crippen LogP contribution in [0.2, 0.25) is 0 Å². The quantitative estimate of drug-likeness (QED) is 0.670. The van der Waals surface area contributed by atoms with E-state index in [1.807, 2.05) is 19.2 Å². The van der Waals surface area contributed by atoms with Crippen molar-refractivity contribution in [3.63, 3.8) is 0 Å². The second-order valence-electron chi connectivity index (χ2n) is 2.22. The maximum atomic E-state index is 5.32. The first-order chi connectivity index (χ1) is 5.86. The summed E-state index contributed by atoms with van der Waals surface area (Å²) in [4.78, 5) is 5.25. The lowest BCUT2D eigenvalue weighted by Crippen LogP contribution is -1.91. The first kappa shape index (κ1) is 9.39. The van der Waals surface area contributed by atoms with Crippen LogP contribution in [0.1, 0.15) is 13.8 Å². The molecule has 0 aliphatic heterocycles. The van der Waals surface area contributed by atoms with Crippen LogP contribution in [0.4, 0.5) is 0 Å². The molecule has 0 bridgehead atoms. The third-order valence-corrected chi connectivity index (χ3v) is 2.16. The molecule has 0 atom stereocenters. The van der Waals surface area contributed by atoms with E-state index in [4.69, 9.17) is 4.74 Å². The van der Waals surface area contributed by atoms with Crippen LogP contribution >= 0.6 is 11.8 Å². The normalized spacial score (nSPS) is 9.83. The Balaban J connectivity index is 2.67. The smallest absolute Gasteiger partial charge is 0.138 e. The Hall–Kier alpha value is -0.700. The fourth-order valence-corrected chi connectivity index (χ4v) is 1.56. The summed E-state index contributed by atoms with van der Waals surface area (Å²) in [7, 11) is 0. The van der Waals surface area contributed by atoms with Crippen molar-refractivity contribution in [3.05, 3.63) is 18.5 Å². The van der Waals surface area contributed by atoms with E-state index in [2.05, 4.69) is 11.9 Å². The lowest BCUT2D eigenvalue weighted by Gasteiger charge is -2.03. The zero-order valence-electron chi connectivity index (χ0n) is 7.41. The molecular formula is C9H13NOS. The molecule has 1 aromatic rings. The molecule has 0 saturated carbocycles. The van der Waals surface area contributed by atoms with Crippen LogP contribution < -0.4 is 4.74 Å². The molecule has 0 aliphatic rings. The molecule has 0 aliphatic carbocycles. The molecule has 3 heteroatoms. The largest absolute Gasteiger partial charge is 0.492 e. The van der Waals surface area contributed by atoms with Crippen molar-refractivity contribution in [3.8, 4) is 5.75 Å². The molecule has 0 radical (unpaired) electrons. The highest BCUT2D eigenvalue weighted by molar-refractivity contribution is 7.99. The Bertz CT molecular complexity index is 218. The van der Waals surface area contributed by atoms with Crippen molar-refractivity contribution >= 4 is 11.8 Å². The summed E-state index contributed by atoms with van der Waals surface area (Å²) in [6.45, 7) is 4.79. The van der Waals surface area contributed by atoms with E-state index in [0.717, 1.165) is 11.5 Å². The predicted molar refractivity (Wildman–Crippen MR) is 51.8 cm³/mol. The molecule has 0 spiro atoms. The zero-order valence-corrected chi connectivity index (χ0v) is 8.23. The molecule has 0 amide bonds. The van der Waals surface area contributed by atoms with Gasteiger partial charge in [0.2, 0.25) is 0 Å². The minimum absolute atomic E-state index is 0.696. The third-order valence-electron chi connectivity index (χ3n) is 1.31. The van der Waals surface area contributed by atoms with Crippen LogP contribution in [-0.4, -0.2) is 17.3 Å². The summed E-state index contributed by atoms with van der Waals surface area (Å²) < 4.78 is 5.32. The number of nitrogens with zero attached hydrogens (tertiary/aromatic N) is 1. The van der Waals surface area contributed by atoms with Gasteiger partial charge in [-0.15, -0.1) is 11.8 Å². The van der Waals surface area contributed by atoms with Crippen LogP contribution in [-0.2, 0) is 0 Å². The molecule has 66 valence electrons. The number of aromatic nitrogens is 1. The molecule has 0 saturated heterocycles. The van der Waals surface area contributed by atoms with Gasteiger partial charge in [-0.3, -0.25) is 4.98 Å². The van der Waals surface area contributed by atoms with Gasteiger partial charge < -0.3 is 4.74 Å². The minimum Gasteiger partial charge on any atom is -0.492 e. The molecule has 2 nitrogen and oxygen atoms in total. The van der Waals surface area contributed by atoms with Crippen LogP contribution in [0.25, 0.3) is 0 Å². The Kier molecular flexibility index (Phi) is 3.94. The van der Waals surface area contributed by atoms with E-state index in [1.165, 1.54) is 4.90 Å². The van der Waals surface area contributed by atoms with Gasteiger partial charge in [-0.25, -0.2) is 0 Å². The molecule has 1 heterocycles. The van der Waals surface area contributed by atoms with E-state index >= 15 is 0 Å². The maximum absolute atomic E-state index is 5.32. The Morgan fingerprint density at radius 3 is 2.92 bits per heavy atom. The molecule has 1 rings (SSSR count). The van der Waals surface area contributed by atoms with Crippen molar-refractivity contribution < 1.29 is 4.74 Å². The van der Waals surface area contributed by atoms with Gasteiger partial charge in [0.25, 0.3) is 0 Å². The maximum Gasteiger partial charge on any atom is 0.138 e. The van der Waals surface area contributed by atoms with Crippen molar-refractivity contribution in [2.75, 3.05) is 12.4 Å². The molecule has 0 N–H and O–H groups in total. The van der Waals surface area contributed by atoms with Gasteiger partial charge in [0, 0.05) is 11.1 Å². The Morgan fingerprint density at radius 1 is 1.42 bits per heavy atom. The molecule has 0 unspecified atom stereocenters. The highest BCUT2D eigenvalue weighted by atomic mass is 32.2. The number of hydrogen-bond acceptors (Lipinski definition) is 3. The van der Waals surface area contributed by atoms with Crippen LogP contribution in [0, 0.1) is 0 Å². The number of pyridine rings is 1. The Labute approximate surface area is 77.3 Å². The average Bonchev–Trinajstić information content (AvgIpc) is 2.06. The molecular weight excluding hydrogens is 170 g/mol. The van der Waals surface area contributed by atoms with Gasteiger partial charge in [0.05, 0.1) is 12.8 Å². The van der Waals surface area contributed by atoms with Gasteiger partial charge in [-0.1, -0.05) is 6.92 Å². The summed E-state index contributed by atoms with van der Waals surface area (Å²) >= 11 is 1.77. The number of rotatable bonds is 4. The van der Waals surface area contributed by atoms with Gasteiger partial charge in [0.15, 0.2) is 0 Å². The second kappa shape index (κ2) is 5.04. The zero-order chi connectivity index (χ0) is 8.81. The van der Waals surface area contributed by atoms with E-state index in [-0.39, 0.29) is 0 Å². The summed E-state index contributed by atoms with van der Waals surface area (Å²) in [5, 5.41) is 0. The topological polar surface area (TPSA) is 22.1 Å². The Morgan fingerprint density at radius 2 is 2.25 bits per heavy atom. The van der Waals surface area contributed by atoms with Crippen molar-refractivity contribution in [1.29, 1.82) is 0 Å². The molecule has 1 aromatic heterocycles. The standard InChI is InChI=1S/C9H13NOS/c1-3-11-8-5-9(12-4-2)7-10-6-8/h5-7H,3-4H2,1-2H3. The van der Waals surface area contributed by atoms with Gasteiger partial charge >= 0.3 is 0 Å². The van der Waals surface area contributed by atoms with Crippen molar-refractivity contribution in [1.82, 2.24) is 4.98 Å². The summed E-state index contributed by atoms with van der Waals surface area (Å²) in [5.74, 6) is 1.92. The van der Waals surface area contributed by atoms with E-state index in [1.54, 1.807) is 18.0 Å². The SMILES string of the molecule is CCOc1cncc(SCC)c1. The first-order valence-electron chi connectivity index (χ1n) is 4.07. The lowest BCUT2D eigenvalue weighted by atomic mass is 10.5. The molecule has 0 aromatic carbocycles. The van der Waals surface area contributed by atoms with Crippen LogP contribution in [0.15, 0.2) is 23.4 Å². The number of ether oxygens (including phenoxy) is 1. The molecule has 0 fully saturated rings. The highest BCUT2D eigenvalue weighted by Gasteiger charge is 1.95.